The molecule has 1 atom stereocenters. The number of carbonyl (C=O) groups excluding carboxylic acids is 2. The highest BCUT2D eigenvalue weighted by atomic mass is 35.5. The van der Waals surface area contributed by atoms with E-state index in [2.05, 4.69) is 5.16 Å². The second-order valence-electron chi connectivity index (χ2n) is 9.60. The smallest absolute Gasteiger partial charge is 0.244 e. The van der Waals surface area contributed by atoms with Gasteiger partial charge < -0.3 is 15.5 Å². The van der Waals surface area contributed by atoms with Crippen molar-refractivity contribution < 1.29 is 14.4 Å². The summed E-state index contributed by atoms with van der Waals surface area (Å²) < 4.78 is 0. The molecule has 6 nitrogen and oxygen atoms in total. The quantitative estimate of drug-likeness (QED) is 0.383. The Morgan fingerprint density at radius 2 is 1.59 bits per heavy atom. The zero-order valence-corrected chi connectivity index (χ0v) is 21.7. The van der Waals surface area contributed by atoms with Gasteiger partial charge in [-0.2, -0.15) is 0 Å². The molecule has 3 aromatic rings. The maximum Gasteiger partial charge on any atom is 0.244 e. The molecule has 5 rings (SSSR count). The van der Waals surface area contributed by atoms with Crippen LogP contribution in [-0.4, -0.2) is 34.5 Å². The minimum atomic E-state index is -1.12. The summed E-state index contributed by atoms with van der Waals surface area (Å²) in [5, 5.41) is 5.23. The Balaban J connectivity index is 1.46. The summed E-state index contributed by atoms with van der Waals surface area (Å²) in [6, 6.07) is 24.4. The molecule has 1 unspecified atom stereocenters. The Morgan fingerprint density at radius 1 is 0.973 bits per heavy atom. The molecule has 3 aromatic carbocycles. The van der Waals surface area contributed by atoms with Crippen molar-refractivity contribution >= 4 is 40.7 Å². The first-order valence-corrected chi connectivity index (χ1v) is 13.0. The van der Waals surface area contributed by atoms with Crippen molar-refractivity contribution in [1.29, 1.82) is 0 Å². The third-order valence-corrected chi connectivity index (χ3v) is 7.90. The molecule has 1 saturated carbocycles. The number of amides is 2. The third-order valence-electron chi connectivity index (χ3n) is 7.16. The van der Waals surface area contributed by atoms with Gasteiger partial charge in [-0.3, -0.25) is 9.59 Å². The highest BCUT2D eigenvalue weighted by Crippen LogP contribution is 2.49. The van der Waals surface area contributed by atoms with Gasteiger partial charge in [0.2, 0.25) is 11.8 Å². The Labute approximate surface area is 226 Å². The first-order valence-electron chi connectivity index (χ1n) is 12.2. The Bertz CT molecular complexity index is 1290. The maximum absolute atomic E-state index is 14.3. The molecule has 1 aliphatic carbocycles. The van der Waals surface area contributed by atoms with Crippen LogP contribution in [0.15, 0.2) is 84.0 Å². The van der Waals surface area contributed by atoms with Crippen molar-refractivity contribution in [3.63, 3.8) is 0 Å². The fraction of sp³-hybridized carbons (Fsp3) is 0.276. The summed E-state index contributed by atoms with van der Waals surface area (Å²) in [5.74, 6) is -1.24. The number of nitrogens with zero attached hydrogens (tertiary/aromatic N) is 2. The predicted molar refractivity (Wildman–Crippen MR) is 144 cm³/mol. The minimum Gasteiger partial charge on any atom is -0.391 e. The van der Waals surface area contributed by atoms with Gasteiger partial charge in [0, 0.05) is 6.42 Å². The lowest BCUT2D eigenvalue weighted by Gasteiger charge is -2.37. The summed E-state index contributed by atoms with van der Waals surface area (Å²) in [6.45, 7) is 0.355. The summed E-state index contributed by atoms with van der Waals surface area (Å²) in [4.78, 5) is 34.6. The lowest BCUT2D eigenvalue weighted by atomic mass is 9.85. The predicted octanol–water partition coefficient (Wildman–Crippen LogP) is 5.56. The van der Waals surface area contributed by atoms with Crippen LogP contribution in [0.5, 0.6) is 0 Å². The van der Waals surface area contributed by atoms with E-state index in [1.54, 1.807) is 23.1 Å². The van der Waals surface area contributed by atoms with E-state index in [1.165, 1.54) is 0 Å². The van der Waals surface area contributed by atoms with Gasteiger partial charge in [0.05, 0.1) is 28.2 Å². The summed E-state index contributed by atoms with van der Waals surface area (Å²) >= 11 is 12.1. The van der Waals surface area contributed by atoms with Gasteiger partial charge in [-0.15, -0.1) is 0 Å². The number of benzene rings is 3. The number of hydrogen-bond acceptors (Lipinski definition) is 4. The fourth-order valence-corrected chi connectivity index (χ4v) is 5.54. The van der Waals surface area contributed by atoms with Crippen LogP contribution in [0.4, 0.5) is 0 Å². The molecule has 37 heavy (non-hydrogen) atoms. The number of halogens is 2. The number of likely N-dealkylation sites (tertiary alicyclic amines) is 1. The molecule has 8 heteroatoms. The Morgan fingerprint density at radius 3 is 2.14 bits per heavy atom. The first-order chi connectivity index (χ1) is 17.9. The second kappa shape index (κ2) is 10.6. The van der Waals surface area contributed by atoms with E-state index in [-0.39, 0.29) is 31.4 Å². The fourth-order valence-electron chi connectivity index (χ4n) is 5.22. The number of primary amides is 1. The number of oxime groups is 1. The van der Waals surface area contributed by atoms with E-state index >= 15 is 0 Å². The van der Waals surface area contributed by atoms with Crippen LogP contribution in [-0.2, 0) is 21.0 Å². The van der Waals surface area contributed by atoms with Crippen LogP contribution in [0, 0.1) is 5.92 Å². The first kappa shape index (κ1) is 25.3. The van der Waals surface area contributed by atoms with Gasteiger partial charge in [0.1, 0.15) is 12.1 Å². The summed E-state index contributed by atoms with van der Waals surface area (Å²) in [7, 11) is 0. The molecule has 2 amide bonds. The monoisotopic (exact) mass is 535 g/mol. The molecule has 2 fully saturated rings. The van der Waals surface area contributed by atoms with Crippen LogP contribution in [0.2, 0.25) is 10.0 Å². The zero-order chi connectivity index (χ0) is 26.0. The summed E-state index contributed by atoms with van der Waals surface area (Å²) in [6.07, 6.45) is 1.94. The van der Waals surface area contributed by atoms with Crippen molar-refractivity contribution in [3.05, 3.63) is 106 Å². The number of rotatable bonds is 8. The normalized spacial score (nSPS) is 20.4. The van der Waals surface area contributed by atoms with E-state index in [9.17, 15) is 9.59 Å². The Kier molecular flexibility index (Phi) is 7.22. The number of carbonyl (C=O) groups is 2. The molecule has 1 heterocycles. The lowest BCUT2D eigenvalue weighted by Crippen LogP contribution is -2.58. The highest BCUT2D eigenvalue weighted by Gasteiger charge is 2.60. The molecule has 0 aromatic heterocycles. The van der Waals surface area contributed by atoms with Crippen LogP contribution in [0.3, 0.4) is 0 Å². The molecule has 0 radical (unpaired) electrons. The van der Waals surface area contributed by atoms with Crippen molar-refractivity contribution in [2.24, 2.45) is 16.8 Å². The van der Waals surface area contributed by atoms with Gasteiger partial charge in [-0.25, -0.2) is 0 Å². The lowest BCUT2D eigenvalue weighted by molar-refractivity contribution is -0.145. The molecule has 190 valence electrons. The van der Waals surface area contributed by atoms with Crippen LogP contribution >= 0.6 is 23.2 Å². The van der Waals surface area contributed by atoms with Crippen LogP contribution < -0.4 is 5.73 Å². The molecular formula is C29H27Cl2N3O3. The van der Waals surface area contributed by atoms with Crippen molar-refractivity contribution in [3.8, 4) is 0 Å². The van der Waals surface area contributed by atoms with Crippen molar-refractivity contribution in [2.75, 3.05) is 6.54 Å². The molecule has 1 saturated heterocycles. The van der Waals surface area contributed by atoms with Crippen LogP contribution in [0.1, 0.15) is 41.9 Å². The average Bonchev–Trinajstić information content (AvgIpc) is 3.68. The Hall–Kier alpha value is -3.35. The van der Waals surface area contributed by atoms with E-state index in [0.29, 0.717) is 15.8 Å². The van der Waals surface area contributed by atoms with E-state index in [1.807, 2.05) is 60.7 Å². The van der Waals surface area contributed by atoms with E-state index in [0.717, 1.165) is 29.5 Å². The molecular weight excluding hydrogens is 509 g/mol. The maximum atomic E-state index is 14.3. The number of hydrogen-bond donors (Lipinski definition) is 1. The molecule has 1 aliphatic heterocycles. The number of nitrogens with two attached hydrogens (primary N) is 1. The van der Waals surface area contributed by atoms with E-state index < -0.39 is 17.4 Å². The van der Waals surface area contributed by atoms with Crippen LogP contribution in [0.25, 0.3) is 0 Å². The SMILES string of the molecule is NC(=O)C1(C2CC2)CC(=NOCc2ccc(Cl)c(Cl)c2)CN1C(=O)C(c1ccccc1)c1ccccc1. The average molecular weight is 536 g/mol. The zero-order valence-electron chi connectivity index (χ0n) is 20.1. The molecule has 2 N–H and O–H groups in total. The van der Waals surface area contributed by atoms with Gasteiger partial charge in [-0.05, 0) is 47.6 Å². The minimum absolute atomic E-state index is 0.00363. The summed E-state index contributed by atoms with van der Waals surface area (Å²) in [5.41, 5.74) is 8.04. The van der Waals surface area contributed by atoms with Gasteiger partial charge in [0.25, 0.3) is 0 Å². The van der Waals surface area contributed by atoms with E-state index in [4.69, 9.17) is 33.8 Å². The molecule has 0 bridgehead atoms. The molecule has 2 aliphatic rings. The van der Waals surface area contributed by atoms with Crippen molar-refractivity contribution in [1.82, 2.24) is 4.90 Å². The second-order valence-corrected chi connectivity index (χ2v) is 10.4. The highest BCUT2D eigenvalue weighted by molar-refractivity contribution is 6.42. The van der Waals surface area contributed by atoms with Gasteiger partial charge >= 0.3 is 0 Å². The van der Waals surface area contributed by atoms with Gasteiger partial charge in [0.15, 0.2) is 0 Å². The van der Waals surface area contributed by atoms with Gasteiger partial charge in [-0.1, -0.05) is 95.1 Å². The molecule has 0 spiro atoms. The largest absolute Gasteiger partial charge is 0.391 e. The topological polar surface area (TPSA) is 85.0 Å². The standard InChI is InChI=1S/C29H27Cl2N3O3/c30-24-14-11-19(15-25(24)31)18-37-33-23-16-29(28(32)36,22-12-13-22)34(17-23)27(35)26(20-7-3-1-4-8-20)21-9-5-2-6-10-21/h1-11,14-15,22,26H,12-13,16-18H2,(H2,32,36). The van der Waals surface area contributed by atoms with Crippen molar-refractivity contribution in [2.45, 2.75) is 37.3 Å². The third kappa shape index (κ3) is 5.09.